The molecule has 1 heterocycles. The van der Waals surface area contributed by atoms with Crippen molar-refractivity contribution in [2.24, 2.45) is 0 Å². The molecule has 4 rings (SSSR count). The van der Waals surface area contributed by atoms with Crippen molar-refractivity contribution in [3.05, 3.63) is 64.3 Å². The van der Waals surface area contributed by atoms with Crippen molar-refractivity contribution in [3.63, 3.8) is 0 Å². The molecule has 3 aromatic rings. The minimum Gasteiger partial charge on any atom is -0.494 e. The lowest BCUT2D eigenvalue weighted by molar-refractivity contribution is 0.301. The van der Waals surface area contributed by atoms with Crippen LogP contribution < -0.4 is 4.74 Å². The van der Waals surface area contributed by atoms with E-state index >= 15 is 0 Å². The van der Waals surface area contributed by atoms with E-state index in [-0.39, 0.29) is 0 Å². The van der Waals surface area contributed by atoms with Gasteiger partial charge in [0.05, 0.1) is 6.61 Å². The van der Waals surface area contributed by atoms with Crippen molar-refractivity contribution in [3.8, 4) is 5.75 Å². The van der Waals surface area contributed by atoms with Crippen LogP contribution in [0.1, 0.15) is 47.2 Å². The van der Waals surface area contributed by atoms with Gasteiger partial charge >= 0.3 is 0 Å². The Morgan fingerprint density at radius 2 is 1.65 bits per heavy atom. The summed E-state index contributed by atoms with van der Waals surface area (Å²) < 4.78 is 8.59. The number of hydrogen-bond donors (Lipinski definition) is 0. The summed E-state index contributed by atoms with van der Waals surface area (Å²) in [5, 5.41) is 1.48. The summed E-state index contributed by atoms with van der Waals surface area (Å²) in [6.07, 6.45) is 6.15. The van der Waals surface area contributed by atoms with Crippen LogP contribution in [-0.4, -0.2) is 11.2 Å². The zero-order valence-electron chi connectivity index (χ0n) is 16.3. The minimum atomic E-state index is 0.767. The van der Waals surface area contributed by atoms with Crippen molar-refractivity contribution in [2.75, 3.05) is 6.61 Å². The second kappa shape index (κ2) is 7.19. The maximum atomic E-state index is 6.03. The molecular formula is C24H29NO. The van der Waals surface area contributed by atoms with Gasteiger partial charge in [0.1, 0.15) is 5.75 Å². The van der Waals surface area contributed by atoms with Crippen molar-refractivity contribution in [2.45, 2.75) is 59.4 Å². The molecule has 136 valence electrons. The first-order valence-electron chi connectivity index (χ1n) is 9.93. The molecule has 0 unspecified atom stereocenters. The topological polar surface area (TPSA) is 14.2 Å². The number of nitrogens with zero attached hydrogens (tertiary/aromatic N) is 1. The number of rotatable bonds is 5. The molecule has 0 spiro atoms. The van der Waals surface area contributed by atoms with Gasteiger partial charge in [-0.2, -0.15) is 0 Å². The molecular weight excluding hydrogens is 318 g/mol. The van der Waals surface area contributed by atoms with Gasteiger partial charge in [0.15, 0.2) is 0 Å². The van der Waals surface area contributed by atoms with Crippen LogP contribution in [0.3, 0.4) is 0 Å². The van der Waals surface area contributed by atoms with Crippen molar-refractivity contribution in [1.82, 2.24) is 4.57 Å². The number of aryl methyl sites for hydroxylation is 5. The van der Waals surface area contributed by atoms with E-state index < -0.39 is 0 Å². The SMILES string of the molecule is Cc1cc(C)cc(OCCCn2c3c(c4cc(C)ccc42)CCCC3)c1. The van der Waals surface area contributed by atoms with E-state index in [4.69, 9.17) is 4.74 Å². The lowest BCUT2D eigenvalue weighted by atomic mass is 9.95. The fraction of sp³-hybridized carbons (Fsp3) is 0.417. The molecule has 0 aliphatic heterocycles. The third kappa shape index (κ3) is 3.38. The smallest absolute Gasteiger partial charge is 0.119 e. The summed E-state index contributed by atoms with van der Waals surface area (Å²) in [5.41, 5.74) is 8.48. The fourth-order valence-corrected chi connectivity index (χ4v) is 4.43. The maximum Gasteiger partial charge on any atom is 0.119 e. The van der Waals surface area contributed by atoms with E-state index in [0.717, 1.165) is 25.3 Å². The van der Waals surface area contributed by atoms with Gasteiger partial charge in [-0.05, 0) is 93.8 Å². The summed E-state index contributed by atoms with van der Waals surface area (Å²) in [5.74, 6) is 0.998. The van der Waals surface area contributed by atoms with Gasteiger partial charge in [-0.1, -0.05) is 17.7 Å². The Balaban J connectivity index is 1.50. The van der Waals surface area contributed by atoms with Gasteiger partial charge in [-0.15, -0.1) is 0 Å². The Kier molecular flexibility index (Phi) is 4.76. The summed E-state index contributed by atoms with van der Waals surface area (Å²) in [6, 6.07) is 13.4. The van der Waals surface area contributed by atoms with Gasteiger partial charge in [-0.25, -0.2) is 0 Å². The first-order valence-corrected chi connectivity index (χ1v) is 9.93. The standard InChI is InChI=1S/C24H29NO/c1-17-9-10-24-22(16-17)21-7-4-5-8-23(21)25(24)11-6-12-26-20-14-18(2)13-19(3)15-20/h9-10,13-16H,4-8,11-12H2,1-3H3. The van der Waals surface area contributed by atoms with Crippen LogP contribution in [0.2, 0.25) is 0 Å². The molecule has 2 aromatic carbocycles. The Bertz CT molecular complexity index is 915. The third-order valence-electron chi connectivity index (χ3n) is 5.52. The molecule has 0 radical (unpaired) electrons. The molecule has 0 bridgehead atoms. The monoisotopic (exact) mass is 347 g/mol. The van der Waals surface area contributed by atoms with Crippen LogP contribution in [0, 0.1) is 20.8 Å². The average Bonchev–Trinajstić information content (AvgIpc) is 2.91. The molecule has 2 nitrogen and oxygen atoms in total. The quantitative estimate of drug-likeness (QED) is 0.523. The summed E-state index contributed by atoms with van der Waals surface area (Å²) >= 11 is 0. The summed E-state index contributed by atoms with van der Waals surface area (Å²) in [6.45, 7) is 8.26. The second-order valence-corrected chi connectivity index (χ2v) is 7.83. The van der Waals surface area contributed by atoms with Gasteiger partial charge in [0, 0.05) is 23.1 Å². The Labute approximate surface area is 156 Å². The maximum absolute atomic E-state index is 6.03. The molecule has 0 amide bonds. The highest BCUT2D eigenvalue weighted by Gasteiger charge is 2.19. The molecule has 0 saturated carbocycles. The predicted octanol–water partition coefficient (Wildman–Crippen LogP) is 5.91. The molecule has 0 saturated heterocycles. The molecule has 0 fully saturated rings. The number of aromatic nitrogens is 1. The largest absolute Gasteiger partial charge is 0.494 e. The predicted molar refractivity (Wildman–Crippen MR) is 109 cm³/mol. The molecule has 1 aliphatic carbocycles. The first-order chi connectivity index (χ1) is 12.6. The number of fused-ring (bicyclic) bond motifs is 3. The first kappa shape index (κ1) is 17.2. The fourth-order valence-electron chi connectivity index (χ4n) is 4.43. The van der Waals surface area contributed by atoms with Crippen molar-refractivity contribution < 1.29 is 4.74 Å². The molecule has 1 aromatic heterocycles. The number of ether oxygens (including phenoxy) is 1. The zero-order chi connectivity index (χ0) is 18.1. The van der Waals surface area contributed by atoms with Gasteiger partial charge < -0.3 is 9.30 Å². The molecule has 0 atom stereocenters. The van der Waals surface area contributed by atoms with Crippen LogP contribution >= 0.6 is 0 Å². The number of hydrogen-bond acceptors (Lipinski definition) is 1. The van der Waals surface area contributed by atoms with E-state index in [1.54, 1.807) is 11.3 Å². The van der Waals surface area contributed by atoms with Crippen molar-refractivity contribution in [1.29, 1.82) is 0 Å². The zero-order valence-corrected chi connectivity index (χ0v) is 16.3. The lowest BCUT2D eigenvalue weighted by Gasteiger charge is -2.16. The molecule has 1 aliphatic rings. The average molecular weight is 348 g/mol. The second-order valence-electron chi connectivity index (χ2n) is 7.83. The van der Waals surface area contributed by atoms with Crippen LogP contribution in [0.4, 0.5) is 0 Å². The van der Waals surface area contributed by atoms with Gasteiger partial charge in [0.25, 0.3) is 0 Å². The van der Waals surface area contributed by atoms with E-state index in [2.05, 4.69) is 61.7 Å². The highest BCUT2D eigenvalue weighted by molar-refractivity contribution is 5.86. The summed E-state index contributed by atoms with van der Waals surface area (Å²) in [4.78, 5) is 0. The third-order valence-corrected chi connectivity index (χ3v) is 5.52. The summed E-state index contributed by atoms with van der Waals surface area (Å²) in [7, 11) is 0. The highest BCUT2D eigenvalue weighted by atomic mass is 16.5. The van der Waals surface area contributed by atoms with Crippen LogP contribution in [0.25, 0.3) is 10.9 Å². The number of benzene rings is 2. The minimum absolute atomic E-state index is 0.767. The lowest BCUT2D eigenvalue weighted by Crippen LogP contribution is -2.10. The van der Waals surface area contributed by atoms with E-state index in [1.165, 1.54) is 53.3 Å². The van der Waals surface area contributed by atoms with E-state index in [1.807, 2.05) is 0 Å². The van der Waals surface area contributed by atoms with Crippen LogP contribution in [0.15, 0.2) is 36.4 Å². The van der Waals surface area contributed by atoms with Crippen LogP contribution in [0.5, 0.6) is 5.75 Å². The van der Waals surface area contributed by atoms with Gasteiger partial charge in [0.2, 0.25) is 0 Å². The Morgan fingerprint density at radius 3 is 2.46 bits per heavy atom. The highest BCUT2D eigenvalue weighted by Crippen LogP contribution is 2.33. The normalized spacial score (nSPS) is 13.8. The molecule has 2 heteroatoms. The Hall–Kier alpha value is -2.22. The van der Waals surface area contributed by atoms with E-state index in [0.29, 0.717) is 0 Å². The molecule has 0 N–H and O–H groups in total. The van der Waals surface area contributed by atoms with Crippen LogP contribution in [-0.2, 0) is 19.4 Å². The molecule has 26 heavy (non-hydrogen) atoms. The van der Waals surface area contributed by atoms with Gasteiger partial charge in [-0.3, -0.25) is 0 Å². The van der Waals surface area contributed by atoms with E-state index in [9.17, 15) is 0 Å². The van der Waals surface area contributed by atoms with Crippen molar-refractivity contribution >= 4 is 10.9 Å². The Morgan fingerprint density at radius 1 is 0.885 bits per heavy atom.